The molecule has 0 unspecified atom stereocenters. The standard InChI is InChI=1S/C20H19FN4O/c1-25-16(13-3-2-6-22-19(13)11-4-5-11)7-12-8-18(23-10-17(12)25)24-20(26)14-9-15(14)21/h2-3,6-8,10-11,14-15H,4-5,9H2,1H3,(H,23,24,26)/t14-,15+/m1/s1. The number of nitrogens with one attached hydrogen (secondary N) is 1. The fraction of sp³-hybridized carbons (Fsp3) is 0.350. The zero-order chi connectivity index (χ0) is 17.8. The molecule has 3 aromatic heterocycles. The van der Waals surface area contributed by atoms with E-state index in [-0.39, 0.29) is 5.91 Å². The number of carbonyl (C=O) groups excluding carboxylic acids is 1. The Morgan fingerprint density at radius 2 is 2.12 bits per heavy atom. The predicted octanol–water partition coefficient (Wildman–Crippen LogP) is 3.81. The van der Waals surface area contributed by atoms with E-state index in [9.17, 15) is 9.18 Å². The minimum atomic E-state index is -1.01. The van der Waals surface area contributed by atoms with Gasteiger partial charge >= 0.3 is 0 Å². The van der Waals surface area contributed by atoms with E-state index in [1.54, 1.807) is 6.20 Å². The number of hydrogen-bond donors (Lipinski definition) is 1. The Labute approximate surface area is 150 Å². The molecule has 0 saturated heterocycles. The molecule has 0 spiro atoms. The lowest BCUT2D eigenvalue weighted by molar-refractivity contribution is -0.117. The molecule has 132 valence electrons. The summed E-state index contributed by atoms with van der Waals surface area (Å²) in [6.07, 6.45) is 5.31. The minimum Gasteiger partial charge on any atom is -0.342 e. The van der Waals surface area contributed by atoms with Crippen LogP contribution in [0.15, 0.2) is 36.7 Å². The van der Waals surface area contributed by atoms with Gasteiger partial charge in [0.05, 0.1) is 29.0 Å². The summed E-state index contributed by atoms with van der Waals surface area (Å²) in [6, 6.07) is 8.02. The van der Waals surface area contributed by atoms with Crippen molar-refractivity contribution >= 4 is 22.6 Å². The van der Waals surface area contributed by atoms with Crippen LogP contribution in [0.1, 0.15) is 30.9 Å². The summed E-state index contributed by atoms with van der Waals surface area (Å²) < 4.78 is 15.1. The average Bonchev–Trinajstić information content (AvgIpc) is 3.55. The number of carbonyl (C=O) groups is 1. The van der Waals surface area contributed by atoms with Crippen molar-refractivity contribution in [1.29, 1.82) is 0 Å². The smallest absolute Gasteiger partial charge is 0.231 e. The molecule has 2 saturated carbocycles. The Balaban J connectivity index is 1.52. The largest absolute Gasteiger partial charge is 0.342 e. The highest BCUT2D eigenvalue weighted by molar-refractivity contribution is 5.96. The van der Waals surface area contributed by atoms with Crippen LogP contribution in [0.2, 0.25) is 0 Å². The summed E-state index contributed by atoms with van der Waals surface area (Å²) in [5, 5.41) is 3.71. The molecular weight excluding hydrogens is 331 g/mol. The van der Waals surface area contributed by atoms with Gasteiger partial charge in [-0.3, -0.25) is 9.78 Å². The number of pyridine rings is 2. The second kappa shape index (κ2) is 5.62. The van der Waals surface area contributed by atoms with E-state index in [4.69, 9.17) is 0 Å². The molecule has 0 radical (unpaired) electrons. The fourth-order valence-electron chi connectivity index (χ4n) is 3.53. The third kappa shape index (κ3) is 2.57. The van der Waals surface area contributed by atoms with Gasteiger partial charge in [0.1, 0.15) is 12.0 Å². The molecular formula is C20H19FN4O. The van der Waals surface area contributed by atoms with Crippen LogP contribution in [0.25, 0.3) is 22.2 Å². The molecule has 26 heavy (non-hydrogen) atoms. The second-order valence-electron chi connectivity index (χ2n) is 7.27. The van der Waals surface area contributed by atoms with Crippen LogP contribution in [-0.2, 0) is 11.8 Å². The number of rotatable bonds is 4. The van der Waals surface area contributed by atoms with Crippen LogP contribution in [0.3, 0.4) is 0 Å². The Bertz CT molecular complexity index is 1020. The Morgan fingerprint density at radius 1 is 1.31 bits per heavy atom. The lowest BCUT2D eigenvalue weighted by Gasteiger charge is -2.09. The van der Waals surface area contributed by atoms with Crippen LogP contribution < -0.4 is 5.32 Å². The Morgan fingerprint density at radius 3 is 2.85 bits per heavy atom. The van der Waals surface area contributed by atoms with Crippen molar-refractivity contribution in [2.45, 2.75) is 31.4 Å². The molecule has 5 nitrogen and oxygen atoms in total. The molecule has 0 aromatic carbocycles. The molecule has 0 bridgehead atoms. The van der Waals surface area contributed by atoms with Crippen molar-refractivity contribution in [2.24, 2.45) is 13.0 Å². The molecule has 2 aliphatic carbocycles. The van der Waals surface area contributed by atoms with Gasteiger partial charge in [-0.2, -0.15) is 0 Å². The molecule has 1 amide bonds. The van der Waals surface area contributed by atoms with Crippen molar-refractivity contribution in [2.75, 3.05) is 5.32 Å². The number of fused-ring (bicyclic) bond motifs is 1. The number of alkyl halides is 1. The first kappa shape index (κ1) is 15.5. The molecule has 1 N–H and O–H groups in total. The summed E-state index contributed by atoms with van der Waals surface area (Å²) in [4.78, 5) is 20.9. The van der Waals surface area contributed by atoms with Crippen molar-refractivity contribution in [3.8, 4) is 11.3 Å². The van der Waals surface area contributed by atoms with E-state index in [1.165, 1.54) is 12.8 Å². The first-order valence-electron chi connectivity index (χ1n) is 8.97. The molecule has 2 aliphatic rings. The zero-order valence-corrected chi connectivity index (χ0v) is 14.4. The summed E-state index contributed by atoms with van der Waals surface area (Å²) in [5.41, 5.74) is 4.38. The number of anilines is 1. The molecule has 6 heteroatoms. The maximum Gasteiger partial charge on any atom is 0.231 e. The second-order valence-corrected chi connectivity index (χ2v) is 7.27. The number of halogens is 1. The van der Waals surface area contributed by atoms with E-state index < -0.39 is 12.1 Å². The van der Waals surface area contributed by atoms with Gasteiger partial charge in [-0.25, -0.2) is 9.37 Å². The van der Waals surface area contributed by atoms with Crippen molar-refractivity contribution in [3.05, 3.63) is 42.4 Å². The van der Waals surface area contributed by atoms with Crippen molar-refractivity contribution in [1.82, 2.24) is 14.5 Å². The van der Waals surface area contributed by atoms with Gasteiger partial charge in [-0.15, -0.1) is 0 Å². The first-order chi connectivity index (χ1) is 12.6. The summed E-state index contributed by atoms with van der Waals surface area (Å²) in [7, 11) is 2.01. The van der Waals surface area contributed by atoms with Crippen molar-refractivity contribution < 1.29 is 9.18 Å². The number of aryl methyl sites for hydroxylation is 1. The highest BCUT2D eigenvalue weighted by atomic mass is 19.1. The van der Waals surface area contributed by atoms with Gasteiger partial charge < -0.3 is 9.88 Å². The normalized spacial score (nSPS) is 21.8. The summed E-state index contributed by atoms with van der Waals surface area (Å²) in [5.74, 6) is 0.218. The molecule has 2 fully saturated rings. The fourth-order valence-corrected chi connectivity index (χ4v) is 3.53. The zero-order valence-electron chi connectivity index (χ0n) is 14.4. The third-order valence-corrected chi connectivity index (χ3v) is 5.31. The molecule has 3 aromatic rings. The molecule has 2 atom stereocenters. The highest BCUT2D eigenvalue weighted by Gasteiger charge is 2.43. The third-order valence-electron chi connectivity index (χ3n) is 5.31. The Kier molecular flexibility index (Phi) is 3.35. The van der Waals surface area contributed by atoms with E-state index in [2.05, 4.69) is 32.0 Å². The van der Waals surface area contributed by atoms with Crippen LogP contribution in [0, 0.1) is 5.92 Å². The number of aromatic nitrogens is 3. The quantitative estimate of drug-likeness (QED) is 0.778. The van der Waals surface area contributed by atoms with E-state index in [0.29, 0.717) is 18.2 Å². The topological polar surface area (TPSA) is 59.8 Å². The first-order valence-corrected chi connectivity index (χ1v) is 8.97. The monoisotopic (exact) mass is 350 g/mol. The number of nitrogens with zero attached hydrogens (tertiary/aromatic N) is 3. The molecule has 5 rings (SSSR count). The van der Waals surface area contributed by atoms with Crippen LogP contribution >= 0.6 is 0 Å². The average molecular weight is 350 g/mol. The number of amides is 1. The maximum absolute atomic E-state index is 13.0. The number of hydrogen-bond acceptors (Lipinski definition) is 3. The van der Waals surface area contributed by atoms with Gasteiger partial charge in [0.25, 0.3) is 0 Å². The summed E-state index contributed by atoms with van der Waals surface area (Å²) in [6.45, 7) is 0. The lowest BCUT2D eigenvalue weighted by atomic mass is 10.1. The van der Waals surface area contributed by atoms with Gasteiger partial charge in [0, 0.05) is 30.1 Å². The molecule has 3 heterocycles. The van der Waals surface area contributed by atoms with E-state index in [0.717, 1.165) is 27.9 Å². The van der Waals surface area contributed by atoms with Gasteiger partial charge in [0.15, 0.2) is 0 Å². The SMILES string of the molecule is Cn1c(-c2cccnc2C2CC2)cc2cc(NC(=O)[C@@H]3C[C@@H]3F)ncc21. The molecule has 0 aliphatic heterocycles. The van der Waals surface area contributed by atoms with Crippen molar-refractivity contribution in [3.63, 3.8) is 0 Å². The predicted molar refractivity (Wildman–Crippen MR) is 97.6 cm³/mol. The van der Waals surface area contributed by atoms with Crippen LogP contribution in [0.5, 0.6) is 0 Å². The van der Waals surface area contributed by atoms with Crippen LogP contribution in [0.4, 0.5) is 10.2 Å². The van der Waals surface area contributed by atoms with Crippen LogP contribution in [-0.4, -0.2) is 26.6 Å². The summed E-state index contributed by atoms with van der Waals surface area (Å²) >= 11 is 0. The maximum atomic E-state index is 13.0. The Hall–Kier alpha value is -2.76. The van der Waals surface area contributed by atoms with Gasteiger partial charge in [-0.05, 0) is 43.5 Å². The lowest BCUT2D eigenvalue weighted by Crippen LogP contribution is -2.15. The van der Waals surface area contributed by atoms with Gasteiger partial charge in [-0.1, -0.05) is 0 Å². The minimum absolute atomic E-state index is 0.288. The van der Waals surface area contributed by atoms with E-state index in [1.807, 2.05) is 25.4 Å². The van der Waals surface area contributed by atoms with E-state index >= 15 is 0 Å². The highest BCUT2D eigenvalue weighted by Crippen LogP contribution is 2.43. The van der Waals surface area contributed by atoms with Gasteiger partial charge in [0.2, 0.25) is 5.91 Å².